The molecule has 5 heteroatoms. The van der Waals surface area contributed by atoms with Gasteiger partial charge in [-0.15, -0.1) is 0 Å². The number of aromatic nitrogens is 1. The van der Waals surface area contributed by atoms with Crippen LogP contribution in [0.15, 0.2) is 42.7 Å². The Balaban J connectivity index is 2.03. The van der Waals surface area contributed by atoms with Gasteiger partial charge in [-0.05, 0) is 17.7 Å². The van der Waals surface area contributed by atoms with Crippen LogP contribution in [0.1, 0.15) is 15.9 Å². The summed E-state index contributed by atoms with van der Waals surface area (Å²) in [5, 5.41) is 3.39. The number of hydrogen-bond donors (Lipinski definition) is 2. The molecule has 0 unspecified atom stereocenters. The standard InChI is InChI=1S/C13H12ClN3O/c14-12-4-2-1-3-9(12)7-17-13(18)10-5-11(15)8-16-6-10/h1-6,8H,7,15H2,(H,17,18). The normalized spacial score (nSPS) is 10.1. The third-order valence-corrected chi connectivity index (χ3v) is 2.79. The van der Waals surface area contributed by atoms with Crippen LogP contribution in [0.2, 0.25) is 5.02 Å². The van der Waals surface area contributed by atoms with Crippen molar-refractivity contribution in [2.75, 3.05) is 5.73 Å². The number of benzene rings is 1. The largest absolute Gasteiger partial charge is 0.397 e. The lowest BCUT2D eigenvalue weighted by Crippen LogP contribution is -2.23. The molecule has 0 aliphatic heterocycles. The highest BCUT2D eigenvalue weighted by Crippen LogP contribution is 2.14. The van der Waals surface area contributed by atoms with Crippen LogP contribution in [-0.2, 0) is 6.54 Å². The molecule has 1 aromatic heterocycles. The predicted molar refractivity (Wildman–Crippen MR) is 71.3 cm³/mol. The monoisotopic (exact) mass is 261 g/mol. The number of nitrogen functional groups attached to an aromatic ring is 1. The minimum Gasteiger partial charge on any atom is -0.397 e. The summed E-state index contributed by atoms with van der Waals surface area (Å²) in [5.41, 5.74) is 7.32. The first-order chi connectivity index (χ1) is 8.66. The minimum atomic E-state index is -0.227. The Labute approximate surface area is 110 Å². The Kier molecular flexibility index (Phi) is 3.79. The molecule has 0 aliphatic rings. The Morgan fingerprint density at radius 1 is 1.33 bits per heavy atom. The van der Waals surface area contributed by atoms with E-state index < -0.39 is 0 Å². The quantitative estimate of drug-likeness (QED) is 0.890. The van der Waals surface area contributed by atoms with Crippen LogP contribution in [0.4, 0.5) is 5.69 Å². The van der Waals surface area contributed by atoms with Crippen molar-refractivity contribution >= 4 is 23.2 Å². The summed E-state index contributed by atoms with van der Waals surface area (Å²) in [4.78, 5) is 15.7. The number of pyridine rings is 1. The van der Waals surface area contributed by atoms with Crippen molar-refractivity contribution in [2.24, 2.45) is 0 Å². The van der Waals surface area contributed by atoms with E-state index in [2.05, 4.69) is 10.3 Å². The van der Waals surface area contributed by atoms with Crippen molar-refractivity contribution in [3.05, 3.63) is 58.9 Å². The van der Waals surface area contributed by atoms with Crippen molar-refractivity contribution in [3.63, 3.8) is 0 Å². The molecule has 92 valence electrons. The van der Waals surface area contributed by atoms with Gasteiger partial charge in [-0.2, -0.15) is 0 Å². The molecule has 0 fully saturated rings. The SMILES string of the molecule is Nc1cncc(C(=O)NCc2ccccc2Cl)c1. The maximum Gasteiger partial charge on any atom is 0.253 e. The molecule has 0 bridgehead atoms. The molecule has 3 N–H and O–H groups in total. The highest BCUT2D eigenvalue weighted by molar-refractivity contribution is 6.31. The number of nitrogens with two attached hydrogens (primary N) is 1. The number of anilines is 1. The highest BCUT2D eigenvalue weighted by atomic mass is 35.5. The number of amides is 1. The van der Waals surface area contributed by atoms with Crippen molar-refractivity contribution < 1.29 is 4.79 Å². The van der Waals surface area contributed by atoms with E-state index in [1.165, 1.54) is 12.4 Å². The Morgan fingerprint density at radius 3 is 2.83 bits per heavy atom. The first-order valence-corrected chi connectivity index (χ1v) is 5.77. The summed E-state index contributed by atoms with van der Waals surface area (Å²) < 4.78 is 0. The zero-order chi connectivity index (χ0) is 13.0. The van der Waals surface area contributed by atoms with Gasteiger partial charge in [-0.1, -0.05) is 29.8 Å². The first-order valence-electron chi connectivity index (χ1n) is 5.39. The van der Waals surface area contributed by atoms with E-state index in [9.17, 15) is 4.79 Å². The van der Waals surface area contributed by atoms with Crippen LogP contribution in [0.3, 0.4) is 0 Å². The van der Waals surface area contributed by atoms with Crippen LogP contribution >= 0.6 is 11.6 Å². The average Bonchev–Trinajstić information content (AvgIpc) is 2.37. The molecular formula is C13H12ClN3O. The molecule has 0 spiro atoms. The van der Waals surface area contributed by atoms with Gasteiger partial charge >= 0.3 is 0 Å². The third-order valence-electron chi connectivity index (χ3n) is 2.42. The molecule has 2 aromatic rings. The molecular weight excluding hydrogens is 250 g/mol. The van der Waals surface area contributed by atoms with Crippen LogP contribution < -0.4 is 11.1 Å². The minimum absolute atomic E-state index is 0.227. The summed E-state index contributed by atoms with van der Waals surface area (Å²) in [7, 11) is 0. The van der Waals surface area contributed by atoms with E-state index in [1.807, 2.05) is 18.2 Å². The summed E-state index contributed by atoms with van der Waals surface area (Å²) in [6.07, 6.45) is 2.96. The molecule has 18 heavy (non-hydrogen) atoms. The second-order valence-electron chi connectivity index (χ2n) is 3.78. The lowest BCUT2D eigenvalue weighted by atomic mass is 10.2. The van der Waals surface area contributed by atoms with Gasteiger partial charge in [0.25, 0.3) is 5.91 Å². The second-order valence-corrected chi connectivity index (χ2v) is 4.19. The number of carbonyl (C=O) groups excluding carboxylic acids is 1. The number of rotatable bonds is 3. The van der Waals surface area contributed by atoms with Gasteiger partial charge in [-0.3, -0.25) is 9.78 Å². The molecule has 0 saturated carbocycles. The first kappa shape index (κ1) is 12.4. The van der Waals surface area contributed by atoms with Crippen molar-refractivity contribution in [2.45, 2.75) is 6.54 Å². The van der Waals surface area contributed by atoms with Gasteiger partial charge in [0.15, 0.2) is 0 Å². The molecule has 0 atom stereocenters. The molecule has 1 aromatic carbocycles. The summed E-state index contributed by atoms with van der Waals surface area (Å²) >= 11 is 6.00. The fourth-order valence-corrected chi connectivity index (χ4v) is 1.70. The highest BCUT2D eigenvalue weighted by Gasteiger charge is 2.07. The van der Waals surface area contributed by atoms with Crippen LogP contribution in [0.5, 0.6) is 0 Å². The van der Waals surface area contributed by atoms with Gasteiger partial charge < -0.3 is 11.1 Å². The lowest BCUT2D eigenvalue weighted by molar-refractivity contribution is 0.0950. The third kappa shape index (κ3) is 2.99. The van der Waals surface area contributed by atoms with E-state index in [1.54, 1.807) is 12.1 Å². The van der Waals surface area contributed by atoms with Gasteiger partial charge in [0.05, 0.1) is 11.3 Å². The smallest absolute Gasteiger partial charge is 0.253 e. The molecule has 0 radical (unpaired) electrons. The molecule has 2 rings (SSSR count). The fraction of sp³-hybridized carbons (Fsp3) is 0.0769. The van der Waals surface area contributed by atoms with E-state index in [0.29, 0.717) is 22.8 Å². The van der Waals surface area contributed by atoms with Crippen molar-refractivity contribution in [3.8, 4) is 0 Å². The van der Waals surface area contributed by atoms with E-state index in [0.717, 1.165) is 5.56 Å². The number of nitrogens with one attached hydrogen (secondary N) is 1. The lowest BCUT2D eigenvalue weighted by Gasteiger charge is -2.07. The molecule has 1 heterocycles. The number of halogens is 1. The Morgan fingerprint density at radius 2 is 2.11 bits per heavy atom. The maximum absolute atomic E-state index is 11.8. The van der Waals surface area contributed by atoms with Crippen LogP contribution in [-0.4, -0.2) is 10.9 Å². The molecule has 1 amide bonds. The number of carbonyl (C=O) groups is 1. The maximum atomic E-state index is 11.8. The second kappa shape index (κ2) is 5.51. The zero-order valence-corrected chi connectivity index (χ0v) is 10.3. The number of nitrogens with zero attached hydrogens (tertiary/aromatic N) is 1. The van der Waals surface area contributed by atoms with Crippen molar-refractivity contribution in [1.29, 1.82) is 0 Å². The van der Waals surface area contributed by atoms with Gasteiger partial charge in [-0.25, -0.2) is 0 Å². The van der Waals surface area contributed by atoms with Gasteiger partial charge in [0.1, 0.15) is 0 Å². The topological polar surface area (TPSA) is 68.0 Å². The van der Waals surface area contributed by atoms with E-state index in [-0.39, 0.29) is 5.91 Å². The number of hydrogen-bond acceptors (Lipinski definition) is 3. The summed E-state index contributed by atoms with van der Waals surface area (Å²) in [5.74, 6) is -0.227. The van der Waals surface area contributed by atoms with Crippen molar-refractivity contribution in [1.82, 2.24) is 10.3 Å². The van der Waals surface area contributed by atoms with Gasteiger partial charge in [0.2, 0.25) is 0 Å². The molecule has 4 nitrogen and oxygen atoms in total. The molecule has 0 saturated heterocycles. The fourth-order valence-electron chi connectivity index (χ4n) is 1.50. The summed E-state index contributed by atoms with van der Waals surface area (Å²) in [6.45, 7) is 0.368. The molecule has 0 aliphatic carbocycles. The van der Waals surface area contributed by atoms with E-state index >= 15 is 0 Å². The predicted octanol–water partition coefficient (Wildman–Crippen LogP) is 2.25. The average molecular weight is 262 g/mol. The van der Waals surface area contributed by atoms with Gasteiger partial charge in [0, 0.05) is 24.0 Å². The zero-order valence-electron chi connectivity index (χ0n) is 9.56. The van der Waals surface area contributed by atoms with Crippen LogP contribution in [0, 0.1) is 0 Å². The summed E-state index contributed by atoms with van der Waals surface area (Å²) in [6, 6.07) is 8.94. The van der Waals surface area contributed by atoms with Crippen LogP contribution in [0.25, 0.3) is 0 Å². The Bertz CT molecular complexity index is 572. The van der Waals surface area contributed by atoms with E-state index in [4.69, 9.17) is 17.3 Å². The Hall–Kier alpha value is -2.07.